The Morgan fingerprint density at radius 1 is 0.939 bits per heavy atom. The molecule has 1 amide bonds. The van der Waals surface area contributed by atoms with Crippen molar-refractivity contribution in [3.05, 3.63) is 84.2 Å². The lowest BCUT2D eigenvalue weighted by atomic mass is 10.0. The molecule has 4 aromatic rings. The van der Waals surface area contributed by atoms with E-state index in [2.05, 4.69) is 51.8 Å². The van der Waals surface area contributed by atoms with E-state index in [1.807, 2.05) is 42.5 Å². The number of anilines is 1. The number of pyridine rings is 1. The minimum absolute atomic E-state index is 0.00293. The van der Waals surface area contributed by atoms with Crippen molar-refractivity contribution in [3.63, 3.8) is 0 Å². The van der Waals surface area contributed by atoms with E-state index in [-0.39, 0.29) is 11.7 Å². The lowest BCUT2D eigenvalue weighted by Crippen LogP contribution is -2.28. The summed E-state index contributed by atoms with van der Waals surface area (Å²) in [4.78, 5) is 18.9. The third-order valence-electron chi connectivity index (χ3n) is 5.58. The van der Waals surface area contributed by atoms with Crippen LogP contribution in [0.15, 0.2) is 78.2 Å². The molecule has 0 spiro atoms. The smallest absolute Gasteiger partial charge is 0.237 e. The van der Waals surface area contributed by atoms with E-state index in [4.69, 9.17) is 0 Å². The molecule has 0 radical (unpaired) electrons. The Hall–Kier alpha value is -3.45. The monoisotopic (exact) mass is 457 g/mol. The summed E-state index contributed by atoms with van der Waals surface area (Å²) < 4.78 is 2.09. The van der Waals surface area contributed by atoms with Gasteiger partial charge in [-0.15, -0.1) is 10.2 Å². The number of nitrogens with zero attached hydrogens (tertiary/aromatic N) is 5. The predicted molar refractivity (Wildman–Crippen MR) is 134 cm³/mol. The highest BCUT2D eigenvalue weighted by Crippen LogP contribution is 2.32. The second kappa shape index (κ2) is 10.4. The zero-order chi connectivity index (χ0) is 23.2. The summed E-state index contributed by atoms with van der Waals surface area (Å²) in [6, 6.07) is 19.9. The quantitative estimate of drug-likeness (QED) is 0.340. The molecule has 0 aliphatic heterocycles. The lowest BCUT2D eigenvalue weighted by Gasteiger charge is -2.19. The zero-order valence-corrected chi connectivity index (χ0v) is 19.9. The van der Waals surface area contributed by atoms with Crippen LogP contribution in [-0.2, 0) is 17.6 Å². The minimum Gasteiger partial charge on any atom is -0.315 e. The molecule has 7 heteroatoms. The molecule has 0 bridgehead atoms. The Morgan fingerprint density at radius 2 is 1.67 bits per heavy atom. The summed E-state index contributed by atoms with van der Waals surface area (Å²) in [6.45, 7) is 4.30. The minimum atomic E-state index is 0.00293. The van der Waals surface area contributed by atoms with Crippen molar-refractivity contribution < 1.29 is 4.79 Å². The molecule has 6 nitrogen and oxygen atoms in total. The van der Waals surface area contributed by atoms with Gasteiger partial charge in [-0.25, -0.2) is 0 Å². The molecule has 2 heterocycles. The van der Waals surface area contributed by atoms with Crippen molar-refractivity contribution in [2.24, 2.45) is 0 Å². The van der Waals surface area contributed by atoms with Crippen molar-refractivity contribution in [1.82, 2.24) is 19.7 Å². The van der Waals surface area contributed by atoms with E-state index in [0.29, 0.717) is 5.16 Å². The van der Waals surface area contributed by atoms with Gasteiger partial charge in [-0.1, -0.05) is 62.0 Å². The second-order valence-corrected chi connectivity index (χ2v) is 8.53. The molecule has 0 fully saturated rings. The highest BCUT2D eigenvalue weighted by atomic mass is 32.2. The number of rotatable bonds is 8. The SMILES string of the molecule is CCc1cccc(CC)c1-n1c(SCC(=O)N(C)c2ccccc2)nnc1-c1cccnc1. The summed E-state index contributed by atoms with van der Waals surface area (Å²) in [6.07, 6.45) is 5.31. The Bertz CT molecular complexity index is 1200. The van der Waals surface area contributed by atoms with Crippen LogP contribution in [0.1, 0.15) is 25.0 Å². The van der Waals surface area contributed by atoms with Gasteiger partial charge in [-0.05, 0) is 48.2 Å². The number of amides is 1. The zero-order valence-electron chi connectivity index (χ0n) is 19.1. The first-order valence-corrected chi connectivity index (χ1v) is 12.0. The van der Waals surface area contributed by atoms with Crippen molar-refractivity contribution in [1.29, 1.82) is 0 Å². The average Bonchev–Trinajstić information content (AvgIpc) is 3.30. The number of thioether (sulfide) groups is 1. The first-order chi connectivity index (χ1) is 16.1. The average molecular weight is 458 g/mol. The molecular formula is C26H27N5OS. The van der Waals surface area contributed by atoms with Crippen LogP contribution >= 0.6 is 11.8 Å². The molecule has 33 heavy (non-hydrogen) atoms. The van der Waals surface area contributed by atoms with Gasteiger partial charge >= 0.3 is 0 Å². The number of carbonyl (C=O) groups excluding carboxylic acids is 1. The predicted octanol–water partition coefficient (Wildman–Crippen LogP) is 5.21. The van der Waals surface area contributed by atoms with Crippen LogP contribution in [0.25, 0.3) is 17.1 Å². The standard InChI is InChI=1S/C26H27N5OS/c1-4-19-11-9-12-20(5-2)24(19)31-25(21-13-10-16-27-17-21)28-29-26(31)33-18-23(32)30(3)22-14-7-6-8-15-22/h6-17H,4-5,18H2,1-3H3. The maximum absolute atomic E-state index is 12.9. The number of aryl methyl sites for hydroxylation is 2. The molecular weight excluding hydrogens is 430 g/mol. The summed E-state index contributed by atoms with van der Waals surface area (Å²) in [5, 5.41) is 9.72. The topological polar surface area (TPSA) is 63.9 Å². The maximum Gasteiger partial charge on any atom is 0.237 e. The van der Waals surface area contributed by atoms with E-state index < -0.39 is 0 Å². The first kappa shape index (κ1) is 22.7. The van der Waals surface area contributed by atoms with Gasteiger partial charge in [0.2, 0.25) is 5.91 Å². The van der Waals surface area contributed by atoms with Gasteiger partial charge < -0.3 is 4.90 Å². The van der Waals surface area contributed by atoms with Gasteiger partial charge in [-0.3, -0.25) is 14.3 Å². The van der Waals surface area contributed by atoms with Crippen LogP contribution in [0, 0.1) is 0 Å². The Morgan fingerprint density at radius 3 is 2.30 bits per heavy atom. The van der Waals surface area contributed by atoms with Crippen LogP contribution in [0.5, 0.6) is 0 Å². The van der Waals surface area contributed by atoms with Gasteiger partial charge in [0.1, 0.15) is 0 Å². The van der Waals surface area contributed by atoms with Crippen molar-refractivity contribution in [3.8, 4) is 17.1 Å². The van der Waals surface area contributed by atoms with E-state index in [9.17, 15) is 4.79 Å². The normalized spacial score (nSPS) is 10.9. The third-order valence-corrected chi connectivity index (χ3v) is 6.50. The number of benzene rings is 2. The molecule has 4 rings (SSSR count). The van der Waals surface area contributed by atoms with Crippen molar-refractivity contribution >= 4 is 23.4 Å². The van der Waals surface area contributed by atoms with Gasteiger partial charge in [0.15, 0.2) is 11.0 Å². The lowest BCUT2D eigenvalue weighted by molar-refractivity contribution is -0.115. The molecule has 0 saturated heterocycles. The molecule has 0 aliphatic carbocycles. The van der Waals surface area contributed by atoms with Crippen molar-refractivity contribution in [2.75, 3.05) is 17.7 Å². The van der Waals surface area contributed by atoms with Gasteiger partial charge in [0.05, 0.1) is 11.4 Å². The fourth-order valence-corrected chi connectivity index (χ4v) is 4.62. The first-order valence-electron chi connectivity index (χ1n) is 11.0. The number of hydrogen-bond acceptors (Lipinski definition) is 5. The summed E-state index contributed by atoms with van der Waals surface area (Å²) in [5.74, 6) is 0.986. The highest BCUT2D eigenvalue weighted by Gasteiger charge is 2.22. The largest absolute Gasteiger partial charge is 0.315 e. The van der Waals surface area contributed by atoms with E-state index in [0.717, 1.165) is 35.6 Å². The maximum atomic E-state index is 12.9. The van der Waals surface area contributed by atoms with Gasteiger partial charge in [0.25, 0.3) is 0 Å². The fourth-order valence-electron chi connectivity index (χ4n) is 3.77. The van der Waals surface area contributed by atoms with Crippen LogP contribution < -0.4 is 4.90 Å². The summed E-state index contributed by atoms with van der Waals surface area (Å²) >= 11 is 1.40. The Balaban J connectivity index is 1.73. The number of para-hydroxylation sites is 2. The van der Waals surface area contributed by atoms with E-state index in [1.165, 1.54) is 22.9 Å². The molecule has 0 unspecified atom stereocenters. The second-order valence-electron chi connectivity index (χ2n) is 7.59. The summed E-state index contributed by atoms with van der Waals surface area (Å²) in [5.41, 5.74) is 5.28. The van der Waals surface area contributed by atoms with E-state index >= 15 is 0 Å². The Labute approximate surface area is 198 Å². The van der Waals surface area contributed by atoms with Crippen molar-refractivity contribution in [2.45, 2.75) is 31.8 Å². The fraction of sp³-hybridized carbons (Fsp3) is 0.231. The van der Waals surface area contributed by atoms with Crippen LogP contribution in [0.4, 0.5) is 5.69 Å². The van der Waals surface area contributed by atoms with Crippen LogP contribution in [0.2, 0.25) is 0 Å². The van der Waals surface area contributed by atoms with E-state index in [1.54, 1.807) is 24.3 Å². The number of carbonyl (C=O) groups is 1. The summed E-state index contributed by atoms with van der Waals surface area (Å²) in [7, 11) is 1.80. The molecule has 0 aliphatic rings. The third kappa shape index (κ3) is 4.83. The van der Waals surface area contributed by atoms with Crippen LogP contribution in [0.3, 0.4) is 0 Å². The molecule has 0 atom stereocenters. The van der Waals surface area contributed by atoms with Gasteiger partial charge in [-0.2, -0.15) is 0 Å². The van der Waals surface area contributed by atoms with Gasteiger partial charge in [0, 0.05) is 30.7 Å². The Kier molecular flexibility index (Phi) is 7.19. The number of hydrogen-bond donors (Lipinski definition) is 0. The molecule has 2 aromatic carbocycles. The van der Waals surface area contributed by atoms with Crippen LogP contribution in [-0.4, -0.2) is 38.5 Å². The molecule has 2 aromatic heterocycles. The molecule has 0 N–H and O–H groups in total. The molecule has 168 valence electrons. The highest BCUT2D eigenvalue weighted by molar-refractivity contribution is 7.99. The molecule has 0 saturated carbocycles. The number of aromatic nitrogens is 4.